The van der Waals surface area contributed by atoms with Crippen molar-refractivity contribution in [3.05, 3.63) is 52.5 Å². The minimum atomic E-state index is -0.0559. The topological polar surface area (TPSA) is 63.5 Å². The van der Waals surface area contributed by atoms with Crippen LogP contribution in [0.2, 0.25) is 5.02 Å². The van der Waals surface area contributed by atoms with Crippen LogP contribution in [0.1, 0.15) is 24.0 Å². The molecular weight excluding hydrogens is 352 g/mol. The number of nitrogens with zero attached hydrogens (tertiary/aromatic N) is 1. The minimum absolute atomic E-state index is 0.0559. The van der Waals surface area contributed by atoms with Crippen LogP contribution in [0.15, 0.2) is 36.4 Å². The van der Waals surface area contributed by atoms with Crippen molar-refractivity contribution in [3.8, 4) is 17.6 Å². The molecule has 2 aromatic carbocycles. The number of rotatable bonds is 4. The van der Waals surface area contributed by atoms with Gasteiger partial charge >= 0.3 is 0 Å². The maximum atomic E-state index is 9.02. The van der Waals surface area contributed by atoms with Crippen molar-refractivity contribution in [3.63, 3.8) is 0 Å². The average molecular weight is 371 g/mol. The Kier molecular flexibility index (Phi) is 4.62. The van der Waals surface area contributed by atoms with Gasteiger partial charge in [0.2, 0.25) is 6.79 Å². The highest BCUT2D eigenvalue weighted by Crippen LogP contribution is 2.41. The summed E-state index contributed by atoms with van der Waals surface area (Å²) in [6.45, 7) is 2.48. The molecule has 0 bridgehead atoms. The van der Waals surface area contributed by atoms with E-state index >= 15 is 0 Å². The number of hydrogen-bond donors (Lipinski definition) is 1. The number of nitrogens with one attached hydrogen (secondary N) is 1. The molecule has 2 aliphatic heterocycles. The first-order chi connectivity index (χ1) is 12.7. The van der Waals surface area contributed by atoms with Crippen LogP contribution in [-0.2, 0) is 10.2 Å². The van der Waals surface area contributed by atoms with E-state index in [-0.39, 0.29) is 12.2 Å². The van der Waals surface area contributed by atoms with E-state index in [9.17, 15) is 0 Å². The van der Waals surface area contributed by atoms with E-state index in [2.05, 4.69) is 23.5 Å². The molecule has 2 aliphatic rings. The van der Waals surface area contributed by atoms with Crippen molar-refractivity contribution < 1.29 is 14.2 Å². The van der Waals surface area contributed by atoms with Crippen LogP contribution < -0.4 is 14.8 Å². The van der Waals surface area contributed by atoms with Gasteiger partial charge < -0.3 is 19.5 Å². The molecule has 0 spiro atoms. The van der Waals surface area contributed by atoms with Crippen molar-refractivity contribution in [2.75, 3.05) is 31.9 Å². The molecule has 0 amide bonds. The van der Waals surface area contributed by atoms with E-state index in [4.69, 9.17) is 31.1 Å². The number of hydrogen-bond acceptors (Lipinski definition) is 5. The monoisotopic (exact) mass is 370 g/mol. The Morgan fingerprint density at radius 3 is 2.65 bits per heavy atom. The van der Waals surface area contributed by atoms with Crippen LogP contribution in [0.3, 0.4) is 0 Å². The van der Waals surface area contributed by atoms with E-state index in [1.165, 1.54) is 5.56 Å². The van der Waals surface area contributed by atoms with Gasteiger partial charge in [0, 0.05) is 30.9 Å². The molecule has 1 N–H and O–H groups in total. The van der Waals surface area contributed by atoms with Crippen LogP contribution >= 0.6 is 11.6 Å². The van der Waals surface area contributed by atoms with Gasteiger partial charge in [-0.2, -0.15) is 5.26 Å². The molecule has 0 saturated carbocycles. The predicted molar refractivity (Wildman–Crippen MR) is 99.0 cm³/mol. The molecule has 4 rings (SSSR count). The summed E-state index contributed by atoms with van der Waals surface area (Å²) in [5.74, 6) is 1.59. The second-order valence-corrected chi connectivity index (χ2v) is 7.03. The predicted octanol–water partition coefficient (Wildman–Crippen LogP) is 4.10. The third kappa shape index (κ3) is 3.18. The van der Waals surface area contributed by atoms with Gasteiger partial charge in [0.05, 0.1) is 10.6 Å². The van der Waals surface area contributed by atoms with Crippen LogP contribution in [0, 0.1) is 11.3 Å². The molecule has 0 unspecified atom stereocenters. The van der Waals surface area contributed by atoms with Crippen LogP contribution in [0.5, 0.6) is 11.5 Å². The molecule has 0 radical (unpaired) electrons. The zero-order valence-electron chi connectivity index (χ0n) is 14.3. The van der Waals surface area contributed by atoms with Crippen molar-refractivity contribution in [1.82, 2.24) is 0 Å². The summed E-state index contributed by atoms with van der Waals surface area (Å²) in [6, 6.07) is 13.7. The molecule has 2 heterocycles. The highest BCUT2D eigenvalue weighted by molar-refractivity contribution is 6.32. The van der Waals surface area contributed by atoms with Gasteiger partial charge in [-0.1, -0.05) is 17.7 Å². The normalized spacial score (nSPS) is 17.5. The average Bonchev–Trinajstić information content (AvgIpc) is 3.15. The van der Waals surface area contributed by atoms with Gasteiger partial charge in [-0.05, 0) is 48.7 Å². The van der Waals surface area contributed by atoms with Crippen molar-refractivity contribution in [1.29, 1.82) is 5.26 Å². The van der Waals surface area contributed by atoms with Crippen LogP contribution in [0.25, 0.3) is 0 Å². The molecule has 1 saturated heterocycles. The highest BCUT2D eigenvalue weighted by atomic mass is 35.5. The quantitative estimate of drug-likeness (QED) is 0.877. The SMILES string of the molecule is N#Cc1ccc(NCC2(c3ccc4c(c3)OCO4)CCOCC2)cc1Cl. The smallest absolute Gasteiger partial charge is 0.231 e. The largest absolute Gasteiger partial charge is 0.454 e. The molecule has 134 valence electrons. The highest BCUT2D eigenvalue weighted by Gasteiger charge is 2.35. The van der Waals surface area contributed by atoms with Crippen molar-refractivity contribution in [2.24, 2.45) is 0 Å². The lowest BCUT2D eigenvalue weighted by atomic mass is 9.74. The molecule has 1 fully saturated rings. The molecule has 5 nitrogen and oxygen atoms in total. The van der Waals surface area contributed by atoms with Gasteiger partial charge in [-0.3, -0.25) is 0 Å². The van der Waals surface area contributed by atoms with Crippen molar-refractivity contribution >= 4 is 17.3 Å². The first kappa shape index (κ1) is 17.0. The summed E-state index contributed by atoms with van der Waals surface area (Å²) in [7, 11) is 0. The Hall–Kier alpha value is -2.42. The molecular formula is C20H19ClN2O3. The Morgan fingerprint density at radius 2 is 1.88 bits per heavy atom. The van der Waals surface area contributed by atoms with Crippen molar-refractivity contribution in [2.45, 2.75) is 18.3 Å². The second-order valence-electron chi connectivity index (χ2n) is 6.62. The maximum Gasteiger partial charge on any atom is 0.231 e. The number of benzene rings is 2. The fourth-order valence-electron chi connectivity index (χ4n) is 3.54. The van der Waals surface area contributed by atoms with Gasteiger partial charge in [0.1, 0.15) is 6.07 Å². The summed E-state index contributed by atoms with van der Waals surface area (Å²) in [5, 5.41) is 13.0. The number of fused-ring (bicyclic) bond motifs is 1. The molecule has 0 aromatic heterocycles. The maximum absolute atomic E-state index is 9.02. The summed E-state index contributed by atoms with van der Waals surface area (Å²) >= 11 is 6.15. The fourth-order valence-corrected chi connectivity index (χ4v) is 3.77. The number of nitriles is 1. The number of anilines is 1. The molecule has 26 heavy (non-hydrogen) atoms. The first-order valence-corrected chi connectivity index (χ1v) is 8.99. The molecule has 2 aromatic rings. The Bertz CT molecular complexity index is 857. The molecule has 6 heteroatoms. The van der Waals surface area contributed by atoms with E-state index in [0.29, 0.717) is 10.6 Å². The lowest BCUT2D eigenvalue weighted by molar-refractivity contribution is 0.0543. The fraction of sp³-hybridized carbons (Fsp3) is 0.350. The van der Waals surface area contributed by atoms with Gasteiger partial charge in [0.25, 0.3) is 0 Å². The Morgan fingerprint density at radius 1 is 1.08 bits per heavy atom. The van der Waals surface area contributed by atoms with E-state index < -0.39 is 0 Å². The lowest BCUT2D eigenvalue weighted by Crippen LogP contribution is -2.40. The summed E-state index contributed by atoms with van der Waals surface area (Å²) in [6.07, 6.45) is 1.84. The van der Waals surface area contributed by atoms with Crippen LogP contribution in [0.4, 0.5) is 5.69 Å². The first-order valence-electron chi connectivity index (χ1n) is 8.62. The minimum Gasteiger partial charge on any atom is -0.454 e. The lowest BCUT2D eigenvalue weighted by Gasteiger charge is -2.38. The summed E-state index contributed by atoms with van der Waals surface area (Å²) < 4.78 is 16.6. The van der Waals surface area contributed by atoms with E-state index in [1.807, 2.05) is 12.1 Å². The zero-order chi connectivity index (χ0) is 18.0. The number of ether oxygens (including phenoxy) is 3. The Labute approximate surface area is 157 Å². The third-order valence-electron chi connectivity index (χ3n) is 5.16. The zero-order valence-corrected chi connectivity index (χ0v) is 15.0. The van der Waals surface area contributed by atoms with Gasteiger partial charge in [0.15, 0.2) is 11.5 Å². The van der Waals surface area contributed by atoms with E-state index in [0.717, 1.165) is 49.8 Å². The summed E-state index contributed by atoms with van der Waals surface area (Å²) in [4.78, 5) is 0. The van der Waals surface area contributed by atoms with E-state index in [1.54, 1.807) is 12.1 Å². The standard InChI is InChI=1S/C20H19ClN2O3/c21-17-10-16(3-1-14(17)11-22)23-12-20(5-7-24-8-6-20)15-2-4-18-19(9-15)26-13-25-18/h1-4,9-10,23H,5-8,12-13H2. The van der Waals surface area contributed by atoms with Crippen LogP contribution in [-0.4, -0.2) is 26.6 Å². The number of halogens is 1. The summed E-state index contributed by atoms with van der Waals surface area (Å²) in [5.41, 5.74) is 2.55. The third-order valence-corrected chi connectivity index (χ3v) is 5.47. The van der Waals surface area contributed by atoms with Gasteiger partial charge in [-0.15, -0.1) is 0 Å². The van der Waals surface area contributed by atoms with Gasteiger partial charge in [-0.25, -0.2) is 0 Å². The molecule has 0 atom stereocenters. The Balaban J connectivity index is 1.59. The molecule has 0 aliphatic carbocycles. The second kappa shape index (κ2) is 7.06.